The van der Waals surface area contributed by atoms with Gasteiger partial charge in [0.1, 0.15) is 0 Å². The highest BCUT2D eigenvalue weighted by atomic mass is 35.5. The molecule has 0 unspecified atom stereocenters. The third kappa shape index (κ3) is 4.10. The first kappa shape index (κ1) is 14.3. The summed E-state index contributed by atoms with van der Waals surface area (Å²) in [5.74, 6) is 0.553. The quantitative estimate of drug-likeness (QED) is 0.791. The van der Waals surface area contributed by atoms with Crippen LogP contribution in [0.15, 0.2) is 18.2 Å². The summed E-state index contributed by atoms with van der Waals surface area (Å²) >= 11 is 0. The van der Waals surface area contributed by atoms with Crippen LogP contribution in [0.2, 0.25) is 0 Å². The van der Waals surface area contributed by atoms with Gasteiger partial charge in [-0.3, -0.25) is 10.3 Å². The molecule has 0 fully saturated rings. The molecule has 0 aliphatic carbocycles. The van der Waals surface area contributed by atoms with Crippen LogP contribution in [-0.2, 0) is 4.84 Å². The maximum Gasteiger partial charge on any atom is 0.0717 e. The minimum Gasteiger partial charge on any atom is -0.276 e. The van der Waals surface area contributed by atoms with Crippen molar-refractivity contribution in [3.63, 3.8) is 0 Å². The number of benzene rings is 1. The molecule has 0 aromatic heterocycles. The summed E-state index contributed by atoms with van der Waals surface area (Å²) in [5, 5.41) is 0. The van der Waals surface area contributed by atoms with Gasteiger partial charge in [-0.05, 0) is 37.0 Å². The van der Waals surface area contributed by atoms with Gasteiger partial charge in [0.2, 0.25) is 0 Å². The number of hydrogen-bond acceptors (Lipinski definition) is 2. The largest absolute Gasteiger partial charge is 0.276 e. The maximum absolute atomic E-state index is 5.19. The molecule has 0 amide bonds. The van der Waals surface area contributed by atoms with E-state index in [9.17, 15) is 0 Å². The van der Waals surface area contributed by atoms with Crippen molar-refractivity contribution in [1.29, 1.82) is 0 Å². The van der Waals surface area contributed by atoms with E-state index < -0.39 is 0 Å². The van der Waals surface area contributed by atoms with E-state index in [0.717, 1.165) is 5.69 Å². The summed E-state index contributed by atoms with van der Waals surface area (Å²) in [6.45, 7) is 9.09. The molecule has 0 radical (unpaired) electrons. The molecule has 0 aliphatic heterocycles. The number of rotatable bonds is 4. The van der Waals surface area contributed by atoms with Gasteiger partial charge >= 0.3 is 0 Å². The highest BCUT2D eigenvalue weighted by Crippen LogP contribution is 2.22. The molecule has 86 valence electrons. The van der Waals surface area contributed by atoms with E-state index in [1.54, 1.807) is 0 Å². The molecule has 1 aromatic rings. The molecule has 0 spiro atoms. The molecule has 0 bridgehead atoms. The predicted molar refractivity (Wildman–Crippen MR) is 67.8 cm³/mol. The van der Waals surface area contributed by atoms with Crippen LogP contribution in [0.25, 0.3) is 0 Å². The van der Waals surface area contributed by atoms with E-state index in [1.807, 2.05) is 6.92 Å². The van der Waals surface area contributed by atoms with Gasteiger partial charge in [-0.25, -0.2) is 0 Å². The van der Waals surface area contributed by atoms with Crippen molar-refractivity contribution in [2.24, 2.45) is 0 Å². The predicted octanol–water partition coefficient (Wildman–Crippen LogP) is 3.90. The number of nitrogens with one attached hydrogen (secondary N) is 1. The summed E-state index contributed by atoms with van der Waals surface area (Å²) in [4.78, 5) is 5.19. The first-order chi connectivity index (χ1) is 6.65. The first-order valence-electron chi connectivity index (χ1n) is 5.13. The van der Waals surface area contributed by atoms with Gasteiger partial charge in [-0.2, -0.15) is 0 Å². The summed E-state index contributed by atoms with van der Waals surface area (Å²) < 4.78 is 0. The molecule has 15 heavy (non-hydrogen) atoms. The molecule has 0 atom stereocenters. The minimum atomic E-state index is 0. The molecule has 0 saturated heterocycles. The van der Waals surface area contributed by atoms with Gasteiger partial charge in [0, 0.05) is 0 Å². The minimum absolute atomic E-state index is 0. The van der Waals surface area contributed by atoms with Crippen LogP contribution in [0.5, 0.6) is 0 Å². The van der Waals surface area contributed by atoms with Crippen LogP contribution in [-0.4, -0.2) is 6.61 Å². The zero-order valence-corrected chi connectivity index (χ0v) is 10.6. The highest BCUT2D eigenvalue weighted by Gasteiger charge is 2.02. The zero-order chi connectivity index (χ0) is 10.6. The lowest BCUT2D eigenvalue weighted by Crippen LogP contribution is -2.02. The van der Waals surface area contributed by atoms with Crippen LogP contribution in [0, 0.1) is 6.92 Å². The second kappa shape index (κ2) is 6.70. The molecule has 2 nitrogen and oxygen atoms in total. The van der Waals surface area contributed by atoms with E-state index in [2.05, 4.69) is 44.5 Å². The molecule has 0 aliphatic rings. The molecule has 1 aromatic carbocycles. The fraction of sp³-hybridized carbons (Fsp3) is 0.500. The Bertz CT molecular complexity index is 300. The van der Waals surface area contributed by atoms with Crippen LogP contribution in [0.1, 0.15) is 37.8 Å². The summed E-state index contributed by atoms with van der Waals surface area (Å²) in [6, 6.07) is 6.43. The van der Waals surface area contributed by atoms with Gasteiger partial charge in [0.25, 0.3) is 0 Å². The fourth-order valence-corrected chi connectivity index (χ4v) is 1.26. The third-order valence-electron chi connectivity index (χ3n) is 2.25. The number of hydrogen-bond donors (Lipinski definition) is 1. The Morgan fingerprint density at radius 2 is 2.00 bits per heavy atom. The number of halogens is 1. The topological polar surface area (TPSA) is 21.3 Å². The smallest absolute Gasteiger partial charge is 0.0717 e. The van der Waals surface area contributed by atoms with Crippen molar-refractivity contribution in [3.05, 3.63) is 29.3 Å². The molecule has 1 N–H and O–H groups in total. The second-order valence-electron chi connectivity index (χ2n) is 3.76. The number of anilines is 1. The molecule has 0 saturated carbocycles. The van der Waals surface area contributed by atoms with Crippen molar-refractivity contribution in [1.82, 2.24) is 0 Å². The summed E-state index contributed by atoms with van der Waals surface area (Å²) in [7, 11) is 0. The van der Waals surface area contributed by atoms with Crippen molar-refractivity contribution in [3.8, 4) is 0 Å². The van der Waals surface area contributed by atoms with Crippen LogP contribution >= 0.6 is 12.4 Å². The van der Waals surface area contributed by atoms with Crippen molar-refractivity contribution < 1.29 is 4.84 Å². The van der Waals surface area contributed by atoms with Crippen molar-refractivity contribution in [2.75, 3.05) is 12.1 Å². The van der Waals surface area contributed by atoms with Crippen LogP contribution in [0.4, 0.5) is 5.69 Å². The average molecular weight is 230 g/mol. The molecule has 1 rings (SSSR count). The first-order valence-corrected chi connectivity index (χ1v) is 5.13. The summed E-state index contributed by atoms with van der Waals surface area (Å²) in [6.07, 6.45) is 0. The normalized spacial score (nSPS) is 9.93. The van der Waals surface area contributed by atoms with Gasteiger partial charge in [0.15, 0.2) is 0 Å². The third-order valence-corrected chi connectivity index (χ3v) is 2.25. The van der Waals surface area contributed by atoms with Crippen molar-refractivity contribution in [2.45, 2.75) is 33.6 Å². The lowest BCUT2D eigenvalue weighted by Gasteiger charge is -2.12. The molecular formula is C12H20ClNO. The molecule has 0 heterocycles. The van der Waals surface area contributed by atoms with E-state index in [0.29, 0.717) is 12.5 Å². The van der Waals surface area contributed by atoms with E-state index in [1.165, 1.54) is 11.1 Å². The Balaban J connectivity index is 0.00000196. The van der Waals surface area contributed by atoms with E-state index >= 15 is 0 Å². The number of aryl methyl sites for hydroxylation is 1. The van der Waals surface area contributed by atoms with Crippen LogP contribution < -0.4 is 5.48 Å². The van der Waals surface area contributed by atoms with Gasteiger partial charge < -0.3 is 0 Å². The highest BCUT2D eigenvalue weighted by molar-refractivity contribution is 5.85. The van der Waals surface area contributed by atoms with E-state index in [4.69, 9.17) is 4.84 Å². The molecular weight excluding hydrogens is 210 g/mol. The Kier molecular flexibility index (Phi) is 6.37. The van der Waals surface area contributed by atoms with Gasteiger partial charge in [-0.15, -0.1) is 12.4 Å². The standard InChI is InChI=1S/C12H19NO.ClH/c1-5-14-13-12-8-11(9(2)3)7-6-10(12)4;/h6-9,13H,5H2,1-4H3;1H. The Morgan fingerprint density at radius 3 is 2.53 bits per heavy atom. The van der Waals surface area contributed by atoms with Crippen molar-refractivity contribution >= 4 is 18.1 Å². The second-order valence-corrected chi connectivity index (χ2v) is 3.76. The summed E-state index contributed by atoms with van der Waals surface area (Å²) in [5.41, 5.74) is 6.57. The van der Waals surface area contributed by atoms with Gasteiger partial charge in [-0.1, -0.05) is 26.0 Å². The SMILES string of the molecule is CCONc1cc(C(C)C)ccc1C.Cl. The lowest BCUT2D eigenvalue weighted by molar-refractivity contribution is 0.210. The Labute approximate surface area is 98.4 Å². The van der Waals surface area contributed by atoms with E-state index in [-0.39, 0.29) is 12.4 Å². The fourth-order valence-electron chi connectivity index (χ4n) is 1.26. The maximum atomic E-state index is 5.19. The monoisotopic (exact) mass is 229 g/mol. The molecule has 3 heteroatoms. The van der Waals surface area contributed by atoms with Gasteiger partial charge in [0.05, 0.1) is 12.3 Å². The van der Waals surface area contributed by atoms with Crippen LogP contribution in [0.3, 0.4) is 0 Å². The Hall–Kier alpha value is -0.730. The Morgan fingerprint density at radius 1 is 1.33 bits per heavy atom. The zero-order valence-electron chi connectivity index (χ0n) is 9.83. The average Bonchev–Trinajstić information content (AvgIpc) is 2.16. The lowest BCUT2D eigenvalue weighted by atomic mass is 10.0.